The van der Waals surface area contributed by atoms with Crippen LogP contribution in [0.25, 0.3) is 0 Å². The summed E-state index contributed by atoms with van der Waals surface area (Å²) in [5, 5.41) is 0. The van der Waals surface area contributed by atoms with Gasteiger partial charge < -0.3 is 75.8 Å². The van der Waals surface area contributed by atoms with Crippen molar-refractivity contribution in [2.45, 2.75) is 0 Å². The Bertz CT molecular complexity index is 17.4. The fraction of sp³-hybridized carbons (Fsp3) is 0. The Morgan fingerprint density at radius 1 is 0.231 bits per heavy atom. The molecule has 0 saturated heterocycles. The van der Waals surface area contributed by atoms with Crippen molar-refractivity contribution in [3.63, 3.8) is 0 Å². The van der Waals surface area contributed by atoms with Gasteiger partial charge in [0.15, 0.2) is 0 Å². The molecule has 0 fully saturated rings. The van der Waals surface area contributed by atoms with Crippen LogP contribution in [0.1, 0.15) is 0 Å². The van der Waals surface area contributed by atoms with Crippen LogP contribution < -0.4 is 0 Å². The topological polar surface area (TPSA) is 94.5 Å². The summed E-state index contributed by atoms with van der Waals surface area (Å²) < 4.78 is 0. The van der Waals surface area contributed by atoms with Crippen molar-refractivity contribution in [2.75, 3.05) is 0 Å². The minimum atomic E-state index is 0. The number of hydrogen-bond acceptors (Lipinski definition) is 0. The molecule has 0 aromatic rings. The summed E-state index contributed by atoms with van der Waals surface area (Å²) >= 11 is 0. The molecule has 0 aromatic heterocycles. The van der Waals surface area contributed by atoms with Gasteiger partial charge in [-0.2, -0.15) is 0 Å². The van der Waals surface area contributed by atoms with E-state index in [1.807, 2.05) is 0 Å². The standard InChI is InChI=1S/8CH3.3H2O.2Ti/h8*1H3;3*1H2;;/q8*-1;;;;2*+4. The maximum Gasteiger partial charge on any atom is 4.00 e. The second-order valence-electron chi connectivity index (χ2n) is 0. The summed E-state index contributed by atoms with van der Waals surface area (Å²) in [6.07, 6.45) is 0. The van der Waals surface area contributed by atoms with Crippen molar-refractivity contribution in [1.82, 2.24) is 0 Å². The first-order valence-electron chi connectivity index (χ1n) is 0. The van der Waals surface area contributed by atoms with E-state index in [1.54, 1.807) is 0 Å². The summed E-state index contributed by atoms with van der Waals surface area (Å²) in [4.78, 5) is 0. The second-order valence-corrected chi connectivity index (χ2v) is 0. The molecule has 0 atom stereocenters. The van der Waals surface area contributed by atoms with E-state index in [9.17, 15) is 0 Å². The third-order valence-electron chi connectivity index (χ3n) is 0. The summed E-state index contributed by atoms with van der Waals surface area (Å²) in [6, 6.07) is 0. The van der Waals surface area contributed by atoms with Crippen molar-refractivity contribution in [3.8, 4) is 0 Å². The molecule has 3 nitrogen and oxygen atoms in total. The van der Waals surface area contributed by atoms with Crippen LogP contribution in [0.3, 0.4) is 0 Å². The van der Waals surface area contributed by atoms with Crippen molar-refractivity contribution in [1.29, 1.82) is 0 Å². The van der Waals surface area contributed by atoms with Crippen molar-refractivity contribution in [3.05, 3.63) is 59.4 Å². The van der Waals surface area contributed by atoms with E-state index in [4.69, 9.17) is 0 Å². The molecule has 5 heteroatoms. The minimum Gasteiger partial charge on any atom is -0.412 e. The Labute approximate surface area is 119 Å². The van der Waals surface area contributed by atoms with Gasteiger partial charge in [0.1, 0.15) is 0 Å². The van der Waals surface area contributed by atoms with Crippen molar-refractivity contribution in [2.24, 2.45) is 0 Å². The Morgan fingerprint density at radius 3 is 0.231 bits per heavy atom. The molecule has 0 radical (unpaired) electrons. The molecule has 0 spiro atoms. The van der Waals surface area contributed by atoms with Gasteiger partial charge in [-0.25, -0.2) is 0 Å². The van der Waals surface area contributed by atoms with Crippen molar-refractivity contribution >= 4 is 0 Å². The summed E-state index contributed by atoms with van der Waals surface area (Å²) in [7, 11) is 0. The zero-order valence-electron chi connectivity index (χ0n) is 10.5. The fourth-order valence-electron chi connectivity index (χ4n) is 0. The first-order valence-corrected chi connectivity index (χ1v) is 0. The van der Waals surface area contributed by atoms with E-state index >= 15 is 0 Å². The Balaban J connectivity index is 0. The van der Waals surface area contributed by atoms with Gasteiger partial charge in [-0.05, 0) is 0 Å². The molecule has 13 heavy (non-hydrogen) atoms. The summed E-state index contributed by atoms with van der Waals surface area (Å²) in [5.74, 6) is 0. The van der Waals surface area contributed by atoms with Gasteiger partial charge in [-0.1, -0.05) is 0 Å². The molecule has 88 valence electrons. The number of hydrogen-bond donors (Lipinski definition) is 0. The van der Waals surface area contributed by atoms with E-state index in [0.29, 0.717) is 0 Å². The van der Waals surface area contributed by atoms with Crippen LogP contribution in [-0.2, 0) is 43.4 Å². The third-order valence-corrected chi connectivity index (χ3v) is 0. The molecule has 0 aromatic carbocycles. The van der Waals surface area contributed by atoms with Gasteiger partial charge in [0.05, 0.1) is 0 Å². The molecule has 0 saturated carbocycles. The first kappa shape index (κ1) is 1480. The SMILES string of the molecule is O.O.O.[CH3-].[CH3-].[CH3-].[CH3-].[CH3-].[CH3-].[CH3-].[CH3-].[Ti+4].[Ti+4]. The van der Waals surface area contributed by atoms with Gasteiger partial charge in [-0.15, -0.1) is 0 Å². The monoisotopic (exact) mass is 270 g/mol. The van der Waals surface area contributed by atoms with E-state index < -0.39 is 0 Å². The van der Waals surface area contributed by atoms with E-state index in [1.165, 1.54) is 0 Å². The second kappa shape index (κ2) is 1180. The summed E-state index contributed by atoms with van der Waals surface area (Å²) in [5.41, 5.74) is 0. The molecule has 0 aliphatic heterocycles. The Hall–Kier alpha value is 1.31. The summed E-state index contributed by atoms with van der Waals surface area (Å²) in [6.45, 7) is 0. The van der Waals surface area contributed by atoms with Crippen LogP contribution in [0.2, 0.25) is 0 Å². The largest absolute Gasteiger partial charge is 4.00 e. The molecule has 0 rings (SSSR count). The van der Waals surface area contributed by atoms with Gasteiger partial charge in [0.2, 0.25) is 0 Å². The van der Waals surface area contributed by atoms with Gasteiger partial charge >= 0.3 is 43.4 Å². The predicted octanol–water partition coefficient (Wildman–Crippen LogP) is 1.12. The maximum atomic E-state index is 0. The zero-order chi connectivity index (χ0) is 0. The van der Waals surface area contributed by atoms with Crippen LogP contribution in [0.15, 0.2) is 0 Å². The molecule has 0 aliphatic carbocycles. The predicted molar refractivity (Wildman–Crippen MR) is 62.2 cm³/mol. The van der Waals surface area contributed by atoms with Crippen LogP contribution >= 0.6 is 0 Å². The van der Waals surface area contributed by atoms with Crippen LogP contribution in [0.5, 0.6) is 0 Å². The molecule has 0 bridgehead atoms. The first-order chi connectivity index (χ1) is 0. The Kier molecular flexibility index (Phi) is 134000. The van der Waals surface area contributed by atoms with Crippen LogP contribution in [0.4, 0.5) is 0 Å². The van der Waals surface area contributed by atoms with E-state index in [-0.39, 0.29) is 119 Å². The van der Waals surface area contributed by atoms with Crippen LogP contribution in [0, 0.1) is 59.4 Å². The normalized spacial score (nSPS) is 0. The fourth-order valence-corrected chi connectivity index (χ4v) is 0. The molecule has 6 N–H and O–H groups in total. The molecule has 0 aliphatic rings. The van der Waals surface area contributed by atoms with Gasteiger partial charge in [-0.3, -0.25) is 0 Å². The maximum absolute atomic E-state index is 0. The smallest absolute Gasteiger partial charge is 0.412 e. The molecule has 0 unspecified atom stereocenters. The average Bonchev–Trinajstić information content (AvgIpc) is 0. The average molecular weight is 270 g/mol. The van der Waals surface area contributed by atoms with Crippen molar-refractivity contribution < 1.29 is 59.9 Å². The Morgan fingerprint density at radius 2 is 0.231 bits per heavy atom. The van der Waals surface area contributed by atoms with E-state index in [2.05, 4.69) is 0 Å². The molecule has 0 heterocycles. The third kappa shape index (κ3) is 994. The van der Waals surface area contributed by atoms with Crippen LogP contribution in [-0.4, -0.2) is 16.4 Å². The molecular formula is C8H30O3Ti2. The molecular weight excluding hydrogens is 240 g/mol. The van der Waals surface area contributed by atoms with Gasteiger partial charge in [0.25, 0.3) is 0 Å². The minimum absolute atomic E-state index is 0. The van der Waals surface area contributed by atoms with E-state index in [0.717, 1.165) is 0 Å². The molecule has 0 amide bonds. The zero-order valence-corrected chi connectivity index (χ0v) is 13.6. The van der Waals surface area contributed by atoms with Gasteiger partial charge in [0, 0.05) is 0 Å². The quantitative estimate of drug-likeness (QED) is 0.466. The number of rotatable bonds is 0.